The molecule has 1 N–H and O–H groups in total. The SMILES string of the molecule is O=C(Nc1ccc(Cl)cc1)[C@@H]1CCCN1S(=O)(=O)Cc1ccc(F)cc1. The smallest absolute Gasteiger partial charge is 0.242 e. The molecule has 1 fully saturated rings. The normalized spacial score (nSPS) is 18.0. The van der Waals surface area contributed by atoms with E-state index >= 15 is 0 Å². The molecule has 1 aliphatic rings. The highest BCUT2D eigenvalue weighted by molar-refractivity contribution is 7.88. The number of amides is 1. The fourth-order valence-electron chi connectivity index (χ4n) is 2.97. The first-order valence-electron chi connectivity index (χ1n) is 8.15. The lowest BCUT2D eigenvalue weighted by atomic mass is 10.2. The second-order valence-electron chi connectivity index (χ2n) is 6.15. The molecule has 1 saturated heterocycles. The van der Waals surface area contributed by atoms with Crippen molar-refractivity contribution >= 4 is 33.2 Å². The predicted octanol–water partition coefficient (Wildman–Crippen LogP) is 3.41. The van der Waals surface area contributed by atoms with E-state index in [-0.39, 0.29) is 11.7 Å². The molecule has 1 atom stereocenters. The third-order valence-corrected chi connectivity index (χ3v) is 6.34. The number of sulfonamides is 1. The number of rotatable bonds is 5. The molecule has 0 radical (unpaired) electrons. The molecule has 0 aromatic heterocycles. The Morgan fingerprint density at radius 3 is 2.46 bits per heavy atom. The Hall–Kier alpha value is -1.96. The van der Waals surface area contributed by atoms with Crippen LogP contribution in [0.25, 0.3) is 0 Å². The molecule has 1 aliphatic heterocycles. The third-order valence-electron chi connectivity index (χ3n) is 4.24. The van der Waals surface area contributed by atoms with Gasteiger partial charge in [-0.1, -0.05) is 23.7 Å². The topological polar surface area (TPSA) is 66.5 Å². The van der Waals surface area contributed by atoms with Gasteiger partial charge in [0.2, 0.25) is 15.9 Å². The van der Waals surface area contributed by atoms with Crippen LogP contribution in [0.2, 0.25) is 5.02 Å². The summed E-state index contributed by atoms with van der Waals surface area (Å²) in [5.74, 6) is -1.06. The maximum atomic E-state index is 13.0. The zero-order valence-electron chi connectivity index (χ0n) is 13.9. The average Bonchev–Trinajstić information content (AvgIpc) is 3.10. The van der Waals surface area contributed by atoms with Gasteiger partial charge in [-0.3, -0.25) is 4.79 Å². The highest BCUT2D eigenvalue weighted by Crippen LogP contribution is 2.25. The summed E-state index contributed by atoms with van der Waals surface area (Å²) in [5.41, 5.74) is 1.04. The van der Waals surface area contributed by atoms with Gasteiger partial charge in [0.25, 0.3) is 0 Å². The van der Waals surface area contributed by atoms with Crippen LogP contribution in [-0.2, 0) is 20.6 Å². The Morgan fingerprint density at radius 2 is 1.81 bits per heavy atom. The van der Waals surface area contributed by atoms with Crippen molar-refractivity contribution in [3.63, 3.8) is 0 Å². The van der Waals surface area contributed by atoms with E-state index in [1.165, 1.54) is 28.6 Å². The molecule has 0 spiro atoms. The Labute approximate surface area is 156 Å². The van der Waals surface area contributed by atoms with Crippen LogP contribution < -0.4 is 5.32 Å². The molecule has 0 saturated carbocycles. The van der Waals surface area contributed by atoms with Gasteiger partial charge in [-0.05, 0) is 54.8 Å². The molecule has 26 heavy (non-hydrogen) atoms. The van der Waals surface area contributed by atoms with Crippen molar-refractivity contribution < 1.29 is 17.6 Å². The number of hydrogen-bond donors (Lipinski definition) is 1. The first-order valence-corrected chi connectivity index (χ1v) is 10.1. The van der Waals surface area contributed by atoms with Crippen LogP contribution >= 0.6 is 11.6 Å². The van der Waals surface area contributed by atoms with Crippen molar-refractivity contribution in [1.82, 2.24) is 4.31 Å². The van der Waals surface area contributed by atoms with E-state index in [4.69, 9.17) is 11.6 Å². The largest absolute Gasteiger partial charge is 0.325 e. The molecule has 138 valence electrons. The van der Waals surface area contributed by atoms with Crippen LogP contribution in [0.4, 0.5) is 10.1 Å². The molecule has 1 amide bonds. The Bertz CT molecular complexity index is 886. The fourth-order valence-corrected chi connectivity index (χ4v) is 4.87. The van der Waals surface area contributed by atoms with Gasteiger partial charge < -0.3 is 5.32 Å². The second-order valence-corrected chi connectivity index (χ2v) is 8.51. The zero-order valence-corrected chi connectivity index (χ0v) is 15.4. The van der Waals surface area contributed by atoms with Crippen LogP contribution in [0.15, 0.2) is 48.5 Å². The minimum Gasteiger partial charge on any atom is -0.325 e. The number of nitrogens with zero attached hydrogens (tertiary/aromatic N) is 1. The molecular formula is C18H18ClFN2O3S. The predicted molar refractivity (Wildman–Crippen MR) is 98.8 cm³/mol. The van der Waals surface area contributed by atoms with Gasteiger partial charge in [0.05, 0.1) is 5.75 Å². The van der Waals surface area contributed by atoms with Crippen molar-refractivity contribution in [2.75, 3.05) is 11.9 Å². The van der Waals surface area contributed by atoms with Crippen molar-refractivity contribution in [1.29, 1.82) is 0 Å². The summed E-state index contributed by atoms with van der Waals surface area (Å²) >= 11 is 5.82. The van der Waals surface area contributed by atoms with Crippen molar-refractivity contribution in [3.05, 3.63) is 64.9 Å². The number of carbonyl (C=O) groups is 1. The number of hydrogen-bond acceptors (Lipinski definition) is 3. The summed E-state index contributed by atoms with van der Waals surface area (Å²) in [7, 11) is -3.69. The summed E-state index contributed by atoms with van der Waals surface area (Å²) in [6.45, 7) is 0.294. The van der Waals surface area contributed by atoms with Crippen LogP contribution in [0.3, 0.4) is 0 Å². The van der Waals surface area contributed by atoms with E-state index in [2.05, 4.69) is 5.32 Å². The molecule has 8 heteroatoms. The number of benzene rings is 2. The van der Waals surface area contributed by atoms with E-state index < -0.39 is 21.9 Å². The van der Waals surface area contributed by atoms with Crippen LogP contribution in [0.5, 0.6) is 0 Å². The number of anilines is 1. The van der Waals surface area contributed by atoms with Crippen molar-refractivity contribution in [2.45, 2.75) is 24.6 Å². The maximum absolute atomic E-state index is 13.0. The third kappa shape index (κ3) is 4.41. The van der Waals surface area contributed by atoms with Gasteiger partial charge in [-0.25, -0.2) is 12.8 Å². The number of carbonyl (C=O) groups excluding carboxylic acids is 1. The fraction of sp³-hybridized carbons (Fsp3) is 0.278. The van der Waals surface area contributed by atoms with Gasteiger partial charge in [0, 0.05) is 17.3 Å². The summed E-state index contributed by atoms with van der Waals surface area (Å²) < 4.78 is 39.7. The van der Waals surface area contributed by atoms with Crippen molar-refractivity contribution in [2.24, 2.45) is 0 Å². The summed E-state index contributed by atoms with van der Waals surface area (Å²) in [5, 5.41) is 3.28. The lowest BCUT2D eigenvalue weighted by Crippen LogP contribution is -2.43. The number of halogens is 2. The lowest BCUT2D eigenvalue weighted by molar-refractivity contribution is -0.119. The van der Waals surface area contributed by atoms with Crippen LogP contribution in [0, 0.1) is 5.82 Å². The minimum absolute atomic E-state index is 0.266. The summed E-state index contributed by atoms with van der Waals surface area (Å²) in [4.78, 5) is 12.6. The average molecular weight is 397 g/mol. The van der Waals surface area contributed by atoms with Gasteiger partial charge in [-0.15, -0.1) is 0 Å². The van der Waals surface area contributed by atoms with Gasteiger partial charge >= 0.3 is 0 Å². The monoisotopic (exact) mass is 396 g/mol. The molecule has 2 aromatic carbocycles. The molecule has 5 nitrogen and oxygen atoms in total. The Balaban J connectivity index is 1.72. The molecule has 3 rings (SSSR count). The van der Waals surface area contributed by atoms with Gasteiger partial charge in [-0.2, -0.15) is 4.31 Å². The van der Waals surface area contributed by atoms with E-state index in [0.717, 1.165) is 0 Å². The van der Waals surface area contributed by atoms with Gasteiger partial charge in [0.15, 0.2) is 0 Å². The number of nitrogens with one attached hydrogen (secondary N) is 1. The molecular weight excluding hydrogens is 379 g/mol. The lowest BCUT2D eigenvalue weighted by Gasteiger charge is -2.23. The quantitative estimate of drug-likeness (QED) is 0.842. The van der Waals surface area contributed by atoms with Gasteiger partial charge in [0.1, 0.15) is 11.9 Å². The van der Waals surface area contributed by atoms with Crippen LogP contribution in [0.1, 0.15) is 18.4 Å². The maximum Gasteiger partial charge on any atom is 0.242 e. The Morgan fingerprint density at radius 1 is 1.15 bits per heavy atom. The molecule has 1 heterocycles. The molecule has 0 bridgehead atoms. The summed E-state index contributed by atoms with van der Waals surface area (Å²) in [6, 6.07) is 11.2. The molecule has 0 unspecified atom stereocenters. The second kappa shape index (κ2) is 7.73. The van der Waals surface area contributed by atoms with E-state index in [9.17, 15) is 17.6 Å². The molecule has 2 aromatic rings. The minimum atomic E-state index is -3.69. The highest BCUT2D eigenvalue weighted by Gasteiger charge is 2.38. The van der Waals surface area contributed by atoms with E-state index in [1.54, 1.807) is 24.3 Å². The first kappa shape index (κ1) is 18.8. The Kier molecular flexibility index (Phi) is 5.60. The van der Waals surface area contributed by atoms with Crippen LogP contribution in [-0.4, -0.2) is 31.2 Å². The van der Waals surface area contributed by atoms with E-state index in [1.807, 2.05) is 0 Å². The standard InChI is InChI=1S/C18H18ClFN2O3S/c19-14-5-9-16(10-6-14)21-18(23)17-2-1-11-22(17)26(24,25)12-13-3-7-15(20)8-4-13/h3-10,17H,1-2,11-12H2,(H,21,23)/t17-/m0/s1. The first-order chi connectivity index (χ1) is 12.3. The summed E-state index contributed by atoms with van der Waals surface area (Å²) in [6.07, 6.45) is 1.07. The van der Waals surface area contributed by atoms with Crippen molar-refractivity contribution in [3.8, 4) is 0 Å². The van der Waals surface area contributed by atoms with E-state index in [0.29, 0.717) is 35.7 Å². The molecule has 0 aliphatic carbocycles. The zero-order chi connectivity index (χ0) is 18.7. The highest BCUT2D eigenvalue weighted by atomic mass is 35.5.